The highest BCUT2D eigenvalue weighted by molar-refractivity contribution is 7.09. The number of thiazole rings is 1. The number of likely N-dealkylation sites (N-methyl/N-ethyl adjacent to an activating group) is 2. The van der Waals surface area contributed by atoms with Gasteiger partial charge in [0.2, 0.25) is 11.8 Å². The van der Waals surface area contributed by atoms with Crippen molar-refractivity contribution in [3.05, 3.63) is 52.0 Å². The van der Waals surface area contributed by atoms with Crippen LogP contribution in [0.2, 0.25) is 0 Å². The zero-order valence-corrected chi connectivity index (χ0v) is 31.2. The van der Waals surface area contributed by atoms with Crippen molar-refractivity contribution in [2.45, 2.75) is 109 Å². The Morgan fingerprint density at radius 2 is 1.78 bits per heavy atom. The van der Waals surface area contributed by atoms with Crippen molar-refractivity contribution in [3.63, 3.8) is 0 Å². The topological polar surface area (TPSA) is 147 Å². The Kier molecular flexibility index (Phi) is 13.5. The van der Waals surface area contributed by atoms with E-state index in [0.717, 1.165) is 31.4 Å². The zero-order chi connectivity index (χ0) is 36.6. The van der Waals surface area contributed by atoms with Crippen molar-refractivity contribution in [2.24, 2.45) is 11.8 Å². The molecule has 0 bridgehead atoms. The maximum atomic E-state index is 14.0. The first-order valence-electron chi connectivity index (χ1n) is 17.6. The molecular formula is C37H53N5O7S. The largest absolute Gasteiger partial charge is 0.469 e. The highest BCUT2D eigenvalue weighted by atomic mass is 32.1. The van der Waals surface area contributed by atoms with Crippen molar-refractivity contribution in [2.75, 3.05) is 27.7 Å². The van der Waals surface area contributed by atoms with E-state index in [1.54, 1.807) is 24.3 Å². The van der Waals surface area contributed by atoms with Crippen LogP contribution in [0.3, 0.4) is 0 Å². The highest BCUT2D eigenvalue weighted by Crippen LogP contribution is 2.39. The number of esters is 2. The summed E-state index contributed by atoms with van der Waals surface area (Å²) in [7, 11) is 5.03. The maximum absolute atomic E-state index is 14.0. The Labute approximate surface area is 299 Å². The van der Waals surface area contributed by atoms with E-state index in [4.69, 9.17) is 9.47 Å². The second-order valence-corrected chi connectivity index (χ2v) is 15.1. The molecule has 274 valence electrons. The Bertz CT molecular complexity index is 1490. The Balaban J connectivity index is 1.48. The van der Waals surface area contributed by atoms with Crippen LogP contribution < -0.4 is 10.6 Å². The lowest BCUT2D eigenvalue weighted by molar-refractivity contribution is -0.149. The fourth-order valence-corrected chi connectivity index (χ4v) is 7.68. The van der Waals surface area contributed by atoms with Crippen molar-refractivity contribution in [1.82, 2.24) is 25.4 Å². The number of hydrogen-bond donors (Lipinski definition) is 2. The predicted octanol–water partition coefficient (Wildman–Crippen LogP) is 4.29. The summed E-state index contributed by atoms with van der Waals surface area (Å²) in [4.78, 5) is 73.6. The van der Waals surface area contributed by atoms with Crippen LogP contribution in [0, 0.1) is 11.8 Å². The molecule has 2 aromatic rings. The number of likely N-dealkylation sites (tertiary alicyclic amines) is 1. The maximum Gasteiger partial charge on any atom is 0.308 e. The minimum atomic E-state index is -0.928. The Morgan fingerprint density at radius 1 is 1.08 bits per heavy atom. The summed E-state index contributed by atoms with van der Waals surface area (Å²) < 4.78 is 10.7. The summed E-state index contributed by atoms with van der Waals surface area (Å²) >= 11 is 1.21. The Hall–Kier alpha value is -3.84. The summed E-state index contributed by atoms with van der Waals surface area (Å²) in [6.07, 6.45) is 4.30. The number of amides is 3. The molecule has 1 aliphatic heterocycles. The lowest BCUT2D eigenvalue weighted by Crippen LogP contribution is -2.57. The van der Waals surface area contributed by atoms with E-state index >= 15 is 0 Å². The smallest absolute Gasteiger partial charge is 0.308 e. The predicted molar refractivity (Wildman–Crippen MR) is 190 cm³/mol. The fraction of sp³-hybridized carbons (Fsp3) is 0.622. The van der Waals surface area contributed by atoms with Gasteiger partial charge in [0.05, 0.1) is 19.1 Å². The molecule has 3 amide bonds. The number of piperidine rings is 1. The van der Waals surface area contributed by atoms with Crippen LogP contribution >= 0.6 is 11.3 Å². The molecule has 1 saturated carbocycles. The Morgan fingerprint density at radius 3 is 2.38 bits per heavy atom. The monoisotopic (exact) mass is 711 g/mol. The summed E-state index contributed by atoms with van der Waals surface area (Å²) in [5, 5.41) is 8.20. The van der Waals surface area contributed by atoms with Gasteiger partial charge in [-0.15, -0.1) is 11.3 Å². The van der Waals surface area contributed by atoms with Gasteiger partial charge in [-0.05, 0) is 63.6 Å². The van der Waals surface area contributed by atoms with Gasteiger partial charge in [0.15, 0.2) is 6.10 Å². The third kappa shape index (κ3) is 10.1. The van der Waals surface area contributed by atoms with Gasteiger partial charge in [-0.25, -0.2) is 4.98 Å². The van der Waals surface area contributed by atoms with Crippen LogP contribution in [0.5, 0.6) is 0 Å². The number of nitrogens with one attached hydrogen (secondary N) is 2. The normalized spacial score (nSPS) is 19.4. The SMILES string of the molecule is COC(=O)[C@@H](C)C[C@H](Cc1ccccc1)NC(=O)c1csc([C@@H](C[C@H](C(C)C)N(C)C(=O)C2(NC(=O)[C@H]3CCCCN3C)CC2)OC(C)=O)n1. The number of hydrogen-bond acceptors (Lipinski definition) is 10. The van der Waals surface area contributed by atoms with Crippen molar-refractivity contribution in [3.8, 4) is 0 Å². The standard InChI is InChI=1S/C37H53N5O7S/c1-23(2)30(42(6)36(47)37(16-17-37)40-33(45)29-15-11-12-18-41(29)5)21-31(49-25(4)43)34-39-28(22-50-34)32(44)38-27(19-24(3)35(46)48-7)20-26-13-9-8-10-14-26/h8-10,13-14,22-24,27,29-31H,11-12,15-21H2,1-7H3,(H,38,44)(H,40,45)/t24-,27+,29+,30+,31+/m0/s1. The van der Waals surface area contributed by atoms with E-state index in [1.165, 1.54) is 25.4 Å². The minimum absolute atomic E-state index is 0.0173. The molecule has 1 aliphatic carbocycles. The minimum Gasteiger partial charge on any atom is -0.469 e. The molecule has 1 saturated heterocycles. The molecule has 2 heterocycles. The van der Waals surface area contributed by atoms with Crippen LogP contribution in [0.4, 0.5) is 0 Å². The van der Waals surface area contributed by atoms with Crippen molar-refractivity contribution in [1.29, 1.82) is 0 Å². The number of aromatic nitrogens is 1. The quantitative estimate of drug-likeness (QED) is 0.244. The van der Waals surface area contributed by atoms with Crippen LogP contribution in [-0.2, 0) is 35.1 Å². The van der Waals surface area contributed by atoms with Crippen LogP contribution in [0.1, 0.15) is 99.8 Å². The lowest BCUT2D eigenvalue weighted by Gasteiger charge is -2.37. The van der Waals surface area contributed by atoms with Gasteiger partial charge >= 0.3 is 11.9 Å². The lowest BCUT2D eigenvalue weighted by atomic mass is 9.95. The number of benzene rings is 1. The van der Waals surface area contributed by atoms with Gasteiger partial charge < -0.3 is 25.0 Å². The molecule has 2 N–H and O–H groups in total. The van der Waals surface area contributed by atoms with Gasteiger partial charge in [0, 0.05) is 37.9 Å². The number of methoxy groups -OCH3 is 1. The molecular weight excluding hydrogens is 659 g/mol. The summed E-state index contributed by atoms with van der Waals surface area (Å²) in [6, 6.07) is 8.73. The number of carbonyl (C=O) groups excluding carboxylic acids is 5. The van der Waals surface area contributed by atoms with Gasteiger partial charge in [-0.2, -0.15) is 0 Å². The molecule has 2 aliphatic rings. The molecule has 12 nitrogen and oxygen atoms in total. The average molecular weight is 712 g/mol. The van der Waals surface area contributed by atoms with Gasteiger partial charge in [0.25, 0.3) is 5.91 Å². The van der Waals surface area contributed by atoms with E-state index in [2.05, 4.69) is 20.5 Å². The van der Waals surface area contributed by atoms with Crippen molar-refractivity contribution >= 4 is 41.0 Å². The summed E-state index contributed by atoms with van der Waals surface area (Å²) in [5.41, 5.74) is 0.252. The fourth-order valence-electron chi connectivity index (χ4n) is 6.84. The zero-order valence-electron chi connectivity index (χ0n) is 30.4. The molecule has 50 heavy (non-hydrogen) atoms. The summed E-state index contributed by atoms with van der Waals surface area (Å²) in [5.74, 6) is -1.98. The molecule has 5 atom stereocenters. The van der Waals surface area contributed by atoms with E-state index < -0.39 is 29.4 Å². The van der Waals surface area contributed by atoms with E-state index in [-0.39, 0.29) is 53.9 Å². The van der Waals surface area contributed by atoms with E-state index in [0.29, 0.717) is 30.7 Å². The first-order valence-corrected chi connectivity index (χ1v) is 18.5. The number of carbonyl (C=O) groups is 5. The highest BCUT2D eigenvalue weighted by Gasteiger charge is 2.54. The van der Waals surface area contributed by atoms with Gasteiger partial charge in [-0.1, -0.05) is 57.5 Å². The second-order valence-electron chi connectivity index (χ2n) is 14.2. The average Bonchev–Trinajstić information content (AvgIpc) is 3.68. The molecule has 0 spiro atoms. The summed E-state index contributed by atoms with van der Waals surface area (Å²) in [6.45, 7) is 7.94. The van der Waals surface area contributed by atoms with Crippen LogP contribution in [0.25, 0.3) is 0 Å². The number of ether oxygens (including phenoxy) is 2. The van der Waals surface area contributed by atoms with Gasteiger partial charge in [0.1, 0.15) is 16.2 Å². The van der Waals surface area contributed by atoms with E-state index in [9.17, 15) is 24.0 Å². The molecule has 4 rings (SSSR count). The van der Waals surface area contributed by atoms with E-state index in [1.807, 2.05) is 51.2 Å². The molecule has 1 aromatic carbocycles. The first kappa shape index (κ1) is 39.0. The third-order valence-electron chi connectivity index (χ3n) is 9.88. The molecule has 2 fully saturated rings. The molecule has 0 unspecified atom stereocenters. The third-order valence-corrected chi connectivity index (χ3v) is 10.8. The molecule has 0 radical (unpaired) electrons. The second kappa shape index (κ2) is 17.4. The van der Waals surface area contributed by atoms with Crippen molar-refractivity contribution < 1.29 is 33.4 Å². The number of rotatable bonds is 16. The molecule has 13 heteroatoms. The first-order chi connectivity index (χ1) is 23.7. The number of nitrogens with zero attached hydrogens (tertiary/aromatic N) is 3. The molecule has 1 aromatic heterocycles. The van der Waals surface area contributed by atoms with Crippen LogP contribution in [-0.4, -0.2) is 95.9 Å². The van der Waals surface area contributed by atoms with Crippen LogP contribution in [0.15, 0.2) is 35.7 Å². The van der Waals surface area contributed by atoms with Gasteiger partial charge in [-0.3, -0.25) is 28.9 Å².